The third kappa shape index (κ3) is 6.76. The molecule has 234 valence electrons. The molecular formula is C35H37N3O6S. The molecular weight excluding hydrogens is 590 g/mol. The van der Waals surface area contributed by atoms with Gasteiger partial charge >= 0.3 is 6.09 Å². The summed E-state index contributed by atoms with van der Waals surface area (Å²) in [6, 6.07) is 28.9. The van der Waals surface area contributed by atoms with E-state index in [1.54, 1.807) is 0 Å². The number of hydrogen-bond acceptors (Lipinski definition) is 5. The average molecular weight is 628 g/mol. The molecule has 3 aromatic carbocycles. The van der Waals surface area contributed by atoms with Gasteiger partial charge in [0.15, 0.2) is 9.84 Å². The summed E-state index contributed by atoms with van der Waals surface area (Å²) in [4.78, 5) is 29.6. The molecule has 0 radical (unpaired) electrons. The Labute approximate surface area is 263 Å². The number of carboxylic acid groups (broad SMARTS) is 1. The predicted octanol–water partition coefficient (Wildman–Crippen LogP) is 5.46. The Bertz CT molecular complexity index is 1770. The summed E-state index contributed by atoms with van der Waals surface area (Å²) in [5, 5.41) is 9.75. The second-order valence-corrected chi connectivity index (χ2v) is 14.1. The Morgan fingerprint density at radius 2 is 1.58 bits per heavy atom. The maximum atomic E-state index is 14.5. The van der Waals surface area contributed by atoms with Gasteiger partial charge in [-0.2, -0.15) is 0 Å². The smallest absolute Gasteiger partial charge is 0.407 e. The van der Waals surface area contributed by atoms with E-state index in [0.29, 0.717) is 37.1 Å². The number of ether oxygens (including phenoxy) is 1. The molecule has 2 amide bonds. The standard InChI is InChI=1S/C35H37N3O6S/c1-25-21-32(34(39)37-18-17-36(35(40)41)24-29(37)22-26-9-4-2-5-10-26)33(27-11-6-3-7-12-27)38(25)28-13-8-14-31(23-28)44-30-15-19-45(42,43)20-16-30/h2-14,21,23,29-30H,15-20,22,24H2,1H3,(H,40,41)/t29-/m1/s1. The molecule has 9 nitrogen and oxygen atoms in total. The molecule has 2 aliphatic heterocycles. The highest BCUT2D eigenvalue weighted by molar-refractivity contribution is 7.91. The Hall–Kier alpha value is -4.57. The van der Waals surface area contributed by atoms with Gasteiger partial charge in [0, 0.05) is 37.1 Å². The van der Waals surface area contributed by atoms with E-state index in [1.807, 2.05) is 103 Å². The largest absolute Gasteiger partial charge is 0.490 e. The lowest BCUT2D eigenvalue weighted by molar-refractivity contribution is 0.0451. The lowest BCUT2D eigenvalue weighted by Crippen LogP contribution is -2.57. The Balaban J connectivity index is 1.36. The molecule has 4 aromatic rings. The molecule has 1 atom stereocenters. The van der Waals surface area contributed by atoms with Gasteiger partial charge in [0.1, 0.15) is 11.9 Å². The molecule has 10 heteroatoms. The molecule has 45 heavy (non-hydrogen) atoms. The average Bonchev–Trinajstić information content (AvgIpc) is 3.39. The highest BCUT2D eigenvalue weighted by Gasteiger charge is 2.35. The highest BCUT2D eigenvalue weighted by atomic mass is 32.2. The number of amides is 2. The van der Waals surface area contributed by atoms with Crippen molar-refractivity contribution < 1.29 is 27.9 Å². The van der Waals surface area contributed by atoms with Crippen molar-refractivity contribution in [2.45, 2.75) is 38.3 Å². The normalized spacial score (nSPS) is 18.5. The summed E-state index contributed by atoms with van der Waals surface area (Å²) in [6.45, 7) is 2.74. The second-order valence-electron chi connectivity index (χ2n) is 11.8. The zero-order valence-electron chi connectivity index (χ0n) is 25.2. The number of sulfone groups is 1. The molecule has 1 aromatic heterocycles. The van der Waals surface area contributed by atoms with Crippen LogP contribution in [0.3, 0.4) is 0 Å². The van der Waals surface area contributed by atoms with E-state index in [2.05, 4.69) is 4.57 Å². The zero-order valence-corrected chi connectivity index (χ0v) is 26.0. The molecule has 0 bridgehead atoms. The summed E-state index contributed by atoms with van der Waals surface area (Å²) < 4.78 is 32.1. The molecule has 2 fully saturated rings. The van der Waals surface area contributed by atoms with Gasteiger partial charge in [-0.3, -0.25) is 4.79 Å². The molecule has 0 saturated carbocycles. The summed E-state index contributed by atoms with van der Waals surface area (Å²) >= 11 is 0. The minimum atomic E-state index is -3.00. The van der Waals surface area contributed by atoms with Gasteiger partial charge in [-0.25, -0.2) is 13.2 Å². The zero-order chi connectivity index (χ0) is 31.6. The number of carbonyl (C=O) groups excluding carboxylic acids is 1. The number of carbonyl (C=O) groups is 2. The van der Waals surface area contributed by atoms with Gasteiger partial charge in [0.05, 0.1) is 28.8 Å². The molecule has 0 spiro atoms. The van der Waals surface area contributed by atoms with Crippen molar-refractivity contribution in [1.29, 1.82) is 0 Å². The summed E-state index contributed by atoms with van der Waals surface area (Å²) in [7, 11) is -3.00. The van der Waals surface area contributed by atoms with Gasteiger partial charge in [0.2, 0.25) is 0 Å². The van der Waals surface area contributed by atoms with Crippen LogP contribution in [0.15, 0.2) is 91.0 Å². The predicted molar refractivity (Wildman–Crippen MR) is 173 cm³/mol. The maximum Gasteiger partial charge on any atom is 0.407 e. The Morgan fingerprint density at radius 1 is 0.889 bits per heavy atom. The fourth-order valence-corrected chi connectivity index (χ4v) is 7.85. The van der Waals surface area contributed by atoms with E-state index < -0.39 is 15.9 Å². The van der Waals surface area contributed by atoms with E-state index in [-0.39, 0.29) is 42.6 Å². The second kappa shape index (κ2) is 12.8. The van der Waals surface area contributed by atoms with Crippen molar-refractivity contribution in [3.05, 3.63) is 108 Å². The summed E-state index contributed by atoms with van der Waals surface area (Å²) in [6.07, 6.45) is 0.304. The Morgan fingerprint density at radius 3 is 2.27 bits per heavy atom. The van der Waals surface area contributed by atoms with E-state index in [1.165, 1.54) is 4.90 Å². The van der Waals surface area contributed by atoms with E-state index in [0.717, 1.165) is 28.2 Å². The summed E-state index contributed by atoms with van der Waals surface area (Å²) in [5.74, 6) is 0.759. The molecule has 0 unspecified atom stereocenters. The van der Waals surface area contributed by atoms with Crippen LogP contribution in [0.25, 0.3) is 16.9 Å². The quantitative estimate of drug-likeness (QED) is 0.292. The molecule has 6 rings (SSSR count). The fourth-order valence-electron chi connectivity index (χ4n) is 6.40. The number of hydrogen-bond donors (Lipinski definition) is 1. The van der Waals surface area contributed by atoms with Crippen LogP contribution in [0, 0.1) is 6.92 Å². The maximum absolute atomic E-state index is 14.5. The molecule has 2 aliphatic rings. The van der Waals surface area contributed by atoms with Crippen LogP contribution in [0.4, 0.5) is 4.79 Å². The lowest BCUT2D eigenvalue weighted by atomic mass is 10.00. The minimum absolute atomic E-state index is 0.129. The first-order chi connectivity index (χ1) is 21.7. The van der Waals surface area contributed by atoms with Crippen LogP contribution in [-0.4, -0.2) is 83.2 Å². The van der Waals surface area contributed by atoms with Crippen LogP contribution in [0.2, 0.25) is 0 Å². The van der Waals surface area contributed by atoms with E-state index in [9.17, 15) is 23.1 Å². The van der Waals surface area contributed by atoms with Crippen molar-refractivity contribution in [3.63, 3.8) is 0 Å². The first-order valence-corrected chi connectivity index (χ1v) is 17.1. The third-order valence-corrected chi connectivity index (χ3v) is 10.4. The van der Waals surface area contributed by atoms with Crippen LogP contribution in [0.5, 0.6) is 5.75 Å². The number of benzene rings is 3. The van der Waals surface area contributed by atoms with Gasteiger partial charge in [-0.15, -0.1) is 0 Å². The Kier molecular flexibility index (Phi) is 8.67. The number of aromatic nitrogens is 1. The SMILES string of the molecule is Cc1cc(C(=O)N2CCN(C(=O)O)C[C@H]2Cc2ccccc2)c(-c2ccccc2)n1-c1cccc(OC2CCS(=O)(=O)CC2)c1. The number of aryl methyl sites for hydroxylation is 1. The van der Waals surface area contributed by atoms with Crippen molar-refractivity contribution in [2.24, 2.45) is 0 Å². The van der Waals surface area contributed by atoms with Crippen LogP contribution in [-0.2, 0) is 16.3 Å². The monoisotopic (exact) mass is 627 g/mol. The minimum Gasteiger partial charge on any atom is -0.490 e. The van der Waals surface area contributed by atoms with Crippen LogP contribution >= 0.6 is 0 Å². The van der Waals surface area contributed by atoms with E-state index in [4.69, 9.17) is 4.74 Å². The van der Waals surface area contributed by atoms with Gasteiger partial charge in [-0.1, -0.05) is 66.7 Å². The van der Waals surface area contributed by atoms with E-state index >= 15 is 0 Å². The highest BCUT2D eigenvalue weighted by Crippen LogP contribution is 2.34. The molecule has 1 N–H and O–H groups in total. The van der Waals surface area contributed by atoms with Crippen molar-refractivity contribution in [3.8, 4) is 22.7 Å². The summed E-state index contributed by atoms with van der Waals surface area (Å²) in [5.41, 5.74) is 4.89. The lowest BCUT2D eigenvalue weighted by Gasteiger charge is -2.40. The van der Waals surface area contributed by atoms with Gasteiger partial charge in [-0.05, 0) is 55.5 Å². The van der Waals surface area contributed by atoms with Gasteiger partial charge < -0.3 is 24.2 Å². The van der Waals surface area contributed by atoms with Crippen molar-refractivity contribution >= 4 is 21.8 Å². The topological polar surface area (TPSA) is 109 Å². The van der Waals surface area contributed by atoms with Crippen LogP contribution < -0.4 is 4.74 Å². The molecule has 0 aliphatic carbocycles. The third-order valence-electron chi connectivity index (χ3n) is 8.67. The molecule has 2 saturated heterocycles. The van der Waals surface area contributed by atoms with Crippen molar-refractivity contribution in [2.75, 3.05) is 31.1 Å². The number of rotatable bonds is 7. The van der Waals surface area contributed by atoms with Crippen LogP contribution in [0.1, 0.15) is 34.5 Å². The first kappa shape index (κ1) is 30.5. The number of nitrogens with zero attached hydrogens (tertiary/aromatic N) is 3. The molecule has 3 heterocycles. The number of piperazine rings is 1. The van der Waals surface area contributed by atoms with Crippen molar-refractivity contribution in [1.82, 2.24) is 14.4 Å². The first-order valence-electron chi connectivity index (χ1n) is 15.3. The fraction of sp³-hybridized carbons (Fsp3) is 0.314. The van der Waals surface area contributed by atoms with Gasteiger partial charge in [0.25, 0.3) is 5.91 Å².